The molecule has 1 aromatic carbocycles. The Bertz CT molecular complexity index is 313. The van der Waals surface area contributed by atoms with Crippen molar-refractivity contribution in [1.29, 1.82) is 0 Å². The van der Waals surface area contributed by atoms with Crippen molar-refractivity contribution < 1.29 is 15.4 Å². The summed E-state index contributed by atoms with van der Waals surface area (Å²) in [5, 5.41) is 4.70. The van der Waals surface area contributed by atoms with Crippen LogP contribution in [0.2, 0.25) is 0 Å². The van der Waals surface area contributed by atoms with Crippen LogP contribution in [0.1, 0.15) is 33.3 Å². The zero-order valence-corrected chi connectivity index (χ0v) is 12.8. The quantitative estimate of drug-likeness (QED) is 0.672. The molecule has 0 bridgehead atoms. The first kappa shape index (κ1) is 16.2. The Kier molecular flexibility index (Phi) is 7.72. The summed E-state index contributed by atoms with van der Waals surface area (Å²) in [6.07, 6.45) is 0.310. The van der Waals surface area contributed by atoms with Gasteiger partial charge in [-0.3, -0.25) is 0 Å². The van der Waals surface area contributed by atoms with Crippen molar-refractivity contribution in [3.05, 3.63) is 35.9 Å². The summed E-state index contributed by atoms with van der Waals surface area (Å²) >= 11 is 0. The second-order valence-corrected chi connectivity index (χ2v) is 5.85. The zero-order chi connectivity index (χ0) is 14.1. The average Bonchev–Trinajstić information content (AvgIpc) is 2.38. The van der Waals surface area contributed by atoms with E-state index < -0.39 is 0 Å². The first-order valence-electron chi connectivity index (χ1n) is 7.40. The van der Waals surface area contributed by atoms with Crippen molar-refractivity contribution in [3.8, 4) is 0 Å². The molecule has 0 radical (unpaired) electrons. The summed E-state index contributed by atoms with van der Waals surface area (Å²) in [6, 6.07) is 11.7. The van der Waals surface area contributed by atoms with Gasteiger partial charge in [0.2, 0.25) is 0 Å². The summed E-state index contributed by atoms with van der Waals surface area (Å²) in [5.74, 6) is 0. The minimum absolute atomic E-state index is 0.310. The van der Waals surface area contributed by atoms with Gasteiger partial charge >= 0.3 is 0 Å². The molecule has 0 aliphatic heterocycles. The Balaban J connectivity index is 2.38. The van der Waals surface area contributed by atoms with Gasteiger partial charge < -0.3 is 15.4 Å². The van der Waals surface area contributed by atoms with Gasteiger partial charge in [-0.2, -0.15) is 0 Å². The minimum Gasteiger partial charge on any atom is -0.362 e. The van der Waals surface area contributed by atoms with Crippen LogP contribution in [0, 0.1) is 0 Å². The highest BCUT2D eigenvalue weighted by Crippen LogP contribution is 2.02. The number of hydrogen-bond acceptors (Lipinski definition) is 1. The van der Waals surface area contributed by atoms with E-state index in [1.807, 2.05) is 6.07 Å². The lowest BCUT2D eigenvalue weighted by atomic mass is 10.2. The third kappa shape index (κ3) is 7.98. The Morgan fingerprint density at radius 3 is 1.89 bits per heavy atom. The third-order valence-electron chi connectivity index (χ3n) is 3.07. The average molecular weight is 266 g/mol. The normalized spacial score (nSPS) is 11.7. The van der Waals surface area contributed by atoms with Crippen LogP contribution in [0.3, 0.4) is 0 Å². The predicted molar refractivity (Wildman–Crippen MR) is 78.9 cm³/mol. The molecule has 0 heterocycles. The molecule has 0 unspecified atom stereocenters. The largest absolute Gasteiger partial charge is 0.362 e. The van der Waals surface area contributed by atoms with Crippen LogP contribution in [0.5, 0.6) is 0 Å². The van der Waals surface area contributed by atoms with Gasteiger partial charge in [-0.15, -0.1) is 0 Å². The van der Waals surface area contributed by atoms with Crippen LogP contribution in [0.25, 0.3) is 0 Å². The molecule has 0 saturated carbocycles. The molecule has 1 rings (SSSR count). The molecule has 0 aromatic heterocycles. The van der Waals surface area contributed by atoms with E-state index in [0.717, 1.165) is 13.1 Å². The van der Waals surface area contributed by atoms with Crippen molar-refractivity contribution in [3.63, 3.8) is 0 Å². The van der Waals surface area contributed by atoms with E-state index in [1.165, 1.54) is 5.56 Å². The molecule has 3 nitrogen and oxygen atoms in total. The van der Waals surface area contributed by atoms with Gasteiger partial charge in [-0.05, 0) is 33.3 Å². The second-order valence-electron chi connectivity index (χ2n) is 5.85. The van der Waals surface area contributed by atoms with Crippen LogP contribution in [-0.2, 0) is 11.3 Å². The standard InChI is InChI=1S/C16H28N2O/c1-13(2)17-10-16(11-18-14(3)4)19-12-15-8-6-5-7-9-15/h5-9,13-14,16-18H,10-12H2,1-4H3/p+2. The SMILES string of the molecule is CC(C)[NH2+]CC(C[NH2+]C(C)C)OCc1ccccc1. The fraction of sp³-hybridized carbons (Fsp3) is 0.625. The van der Waals surface area contributed by atoms with Crippen LogP contribution < -0.4 is 10.6 Å². The lowest BCUT2D eigenvalue weighted by Gasteiger charge is -2.18. The van der Waals surface area contributed by atoms with E-state index >= 15 is 0 Å². The van der Waals surface area contributed by atoms with Gasteiger partial charge in [0.1, 0.15) is 13.1 Å². The first-order valence-corrected chi connectivity index (χ1v) is 7.40. The molecule has 0 saturated heterocycles. The topological polar surface area (TPSA) is 42.5 Å². The molecule has 0 fully saturated rings. The van der Waals surface area contributed by atoms with E-state index in [4.69, 9.17) is 4.74 Å². The fourth-order valence-corrected chi connectivity index (χ4v) is 1.87. The molecule has 0 spiro atoms. The zero-order valence-electron chi connectivity index (χ0n) is 12.8. The monoisotopic (exact) mass is 266 g/mol. The van der Waals surface area contributed by atoms with Gasteiger partial charge in [0.25, 0.3) is 0 Å². The molecule has 19 heavy (non-hydrogen) atoms. The highest BCUT2D eigenvalue weighted by molar-refractivity contribution is 5.13. The summed E-state index contributed by atoms with van der Waals surface area (Å²) < 4.78 is 6.07. The maximum Gasteiger partial charge on any atom is 0.155 e. The van der Waals surface area contributed by atoms with E-state index in [2.05, 4.69) is 62.6 Å². The first-order chi connectivity index (χ1) is 9.08. The van der Waals surface area contributed by atoms with Crippen molar-refractivity contribution in [2.75, 3.05) is 13.1 Å². The Labute approximate surface area is 117 Å². The molecule has 4 N–H and O–H groups in total. The lowest BCUT2D eigenvalue weighted by molar-refractivity contribution is -0.717. The van der Waals surface area contributed by atoms with Crippen LogP contribution in [-0.4, -0.2) is 31.3 Å². The highest BCUT2D eigenvalue weighted by Gasteiger charge is 2.15. The maximum absolute atomic E-state index is 6.07. The van der Waals surface area contributed by atoms with Gasteiger partial charge in [-0.25, -0.2) is 0 Å². The Morgan fingerprint density at radius 1 is 0.895 bits per heavy atom. The number of hydrogen-bond donors (Lipinski definition) is 2. The molecule has 0 aliphatic carbocycles. The van der Waals surface area contributed by atoms with Crippen molar-refractivity contribution in [2.24, 2.45) is 0 Å². The molecule has 0 aliphatic rings. The summed E-state index contributed by atoms with van der Waals surface area (Å²) in [6.45, 7) is 11.7. The molecule has 1 aromatic rings. The van der Waals surface area contributed by atoms with Gasteiger partial charge in [0.05, 0.1) is 18.7 Å². The summed E-state index contributed by atoms with van der Waals surface area (Å²) in [7, 11) is 0. The maximum atomic E-state index is 6.07. The van der Waals surface area contributed by atoms with E-state index in [0.29, 0.717) is 24.8 Å². The van der Waals surface area contributed by atoms with Gasteiger partial charge in [0.15, 0.2) is 6.10 Å². The number of nitrogens with two attached hydrogens (primary N) is 2. The third-order valence-corrected chi connectivity index (χ3v) is 3.07. The van der Waals surface area contributed by atoms with Gasteiger partial charge in [0, 0.05) is 0 Å². The number of ether oxygens (including phenoxy) is 1. The highest BCUT2D eigenvalue weighted by atomic mass is 16.5. The van der Waals surface area contributed by atoms with Crippen LogP contribution >= 0.6 is 0 Å². The number of quaternary nitrogens is 2. The molecular weight excluding hydrogens is 236 g/mol. The van der Waals surface area contributed by atoms with Crippen molar-refractivity contribution in [1.82, 2.24) is 0 Å². The van der Waals surface area contributed by atoms with Crippen LogP contribution in [0.4, 0.5) is 0 Å². The predicted octanol–water partition coefficient (Wildman–Crippen LogP) is 0.515. The molecule has 108 valence electrons. The van der Waals surface area contributed by atoms with Crippen molar-refractivity contribution in [2.45, 2.75) is 52.5 Å². The molecule has 3 heteroatoms. The molecule has 0 atom stereocenters. The lowest BCUT2D eigenvalue weighted by Crippen LogP contribution is -2.95. The minimum atomic E-state index is 0.310. The number of rotatable bonds is 9. The molecular formula is C16H30N2O+2. The van der Waals surface area contributed by atoms with Gasteiger partial charge in [-0.1, -0.05) is 30.3 Å². The smallest absolute Gasteiger partial charge is 0.155 e. The summed E-state index contributed by atoms with van der Waals surface area (Å²) in [5.41, 5.74) is 1.25. The Morgan fingerprint density at radius 2 is 1.42 bits per heavy atom. The van der Waals surface area contributed by atoms with E-state index in [1.54, 1.807) is 0 Å². The Hall–Kier alpha value is -0.900. The molecule has 0 amide bonds. The van der Waals surface area contributed by atoms with E-state index in [9.17, 15) is 0 Å². The summed E-state index contributed by atoms with van der Waals surface area (Å²) in [4.78, 5) is 0. The second kappa shape index (κ2) is 9.08. The number of benzene rings is 1. The van der Waals surface area contributed by atoms with Crippen LogP contribution in [0.15, 0.2) is 30.3 Å². The van der Waals surface area contributed by atoms with Crippen molar-refractivity contribution >= 4 is 0 Å². The van der Waals surface area contributed by atoms with E-state index in [-0.39, 0.29) is 0 Å². The fourth-order valence-electron chi connectivity index (χ4n) is 1.87.